The first-order valence-electron chi connectivity index (χ1n) is 8.02. The van der Waals surface area contributed by atoms with Crippen molar-refractivity contribution < 1.29 is 4.79 Å². The van der Waals surface area contributed by atoms with Crippen molar-refractivity contribution in [2.24, 2.45) is 0 Å². The second kappa shape index (κ2) is 8.63. The van der Waals surface area contributed by atoms with Crippen molar-refractivity contribution in [1.29, 1.82) is 0 Å². The first-order valence-corrected chi connectivity index (χ1v) is 8.84. The van der Waals surface area contributed by atoms with E-state index in [1.807, 2.05) is 36.9 Å². The third-order valence-electron chi connectivity index (χ3n) is 3.60. The van der Waals surface area contributed by atoms with Gasteiger partial charge in [-0.3, -0.25) is 4.79 Å². The van der Waals surface area contributed by atoms with Crippen molar-refractivity contribution in [2.75, 3.05) is 13.1 Å². The van der Waals surface area contributed by atoms with Gasteiger partial charge in [-0.05, 0) is 25.8 Å². The van der Waals surface area contributed by atoms with Crippen molar-refractivity contribution in [3.63, 3.8) is 0 Å². The third-order valence-corrected chi connectivity index (χ3v) is 4.53. The van der Waals surface area contributed by atoms with E-state index < -0.39 is 0 Å². The van der Waals surface area contributed by atoms with Crippen LogP contribution >= 0.6 is 11.3 Å². The minimum Gasteiger partial charge on any atom is -0.339 e. The molecule has 0 radical (unpaired) electrons. The van der Waals surface area contributed by atoms with Crippen LogP contribution in [0.15, 0.2) is 36.4 Å². The molecule has 122 valence electrons. The summed E-state index contributed by atoms with van der Waals surface area (Å²) in [5.74, 6) is 0.151. The lowest BCUT2D eigenvalue weighted by atomic mass is 10.2. The van der Waals surface area contributed by atoms with Gasteiger partial charge >= 0.3 is 0 Å². The Hall–Kier alpha value is -1.94. The molecule has 4 heteroatoms. The van der Waals surface area contributed by atoms with E-state index in [0.29, 0.717) is 13.0 Å². The Kier molecular flexibility index (Phi) is 6.53. The number of thiazole rings is 1. The van der Waals surface area contributed by atoms with Gasteiger partial charge in [0.1, 0.15) is 0 Å². The summed E-state index contributed by atoms with van der Waals surface area (Å²) in [5.41, 5.74) is 2.08. The van der Waals surface area contributed by atoms with Crippen molar-refractivity contribution in [1.82, 2.24) is 9.88 Å². The maximum Gasteiger partial charge on any atom is 0.228 e. The first kappa shape index (κ1) is 17.4. The van der Waals surface area contributed by atoms with E-state index in [4.69, 9.17) is 0 Å². The van der Waals surface area contributed by atoms with Crippen LogP contribution in [0.3, 0.4) is 0 Å². The molecule has 0 unspecified atom stereocenters. The van der Waals surface area contributed by atoms with Crippen LogP contribution in [0.5, 0.6) is 0 Å². The number of benzene rings is 1. The maximum atomic E-state index is 12.6. The van der Waals surface area contributed by atoms with Gasteiger partial charge in [-0.1, -0.05) is 49.4 Å². The molecule has 0 saturated heterocycles. The summed E-state index contributed by atoms with van der Waals surface area (Å²) in [5, 5.41) is 1.02. The van der Waals surface area contributed by atoms with E-state index in [1.54, 1.807) is 11.3 Å². The molecule has 0 aliphatic heterocycles. The number of aromatic nitrogens is 1. The summed E-state index contributed by atoms with van der Waals surface area (Å²) in [6, 6.07) is 10.2. The molecule has 0 aliphatic rings. The SMILES string of the molecule is CCCN(C/C=C/c1ccccc1)C(=O)Cc1nc(C)sc1C. The zero-order valence-corrected chi connectivity index (χ0v) is 14.9. The lowest BCUT2D eigenvalue weighted by molar-refractivity contribution is -0.130. The second-order valence-corrected chi connectivity index (χ2v) is 6.97. The Balaban J connectivity index is 1.98. The highest BCUT2D eigenvalue weighted by atomic mass is 32.1. The predicted molar refractivity (Wildman–Crippen MR) is 97.6 cm³/mol. The fraction of sp³-hybridized carbons (Fsp3) is 0.368. The summed E-state index contributed by atoms with van der Waals surface area (Å²) in [7, 11) is 0. The Morgan fingerprint density at radius 3 is 2.61 bits per heavy atom. The molecule has 2 rings (SSSR count). The average Bonchev–Trinajstić information content (AvgIpc) is 2.85. The first-order chi connectivity index (χ1) is 11.1. The minimum absolute atomic E-state index is 0.151. The molecule has 0 saturated carbocycles. The van der Waals surface area contributed by atoms with E-state index in [2.05, 4.69) is 36.2 Å². The highest BCUT2D eigenvalue weighted by Gasteiger charge is 2.15. The smallest absolute Gasteiger partial charge is 0.228 e. The summed E-state index contributed by atoms with van der Waals surface area (Å²) < 4.78 is 0. The van der Waals surface area contributed by atoms with Crippen LogP contribution in [0, 0.1) is 13.8 Å². The molecule has 0 bridgehead atoms. The lowest BCUT2D eigenvalue weighted by Gasteiger charge is -2.20. The molecule has 1 amide bonds. The fourth-order valence-corrected chi connectivity index (χ4v) is 3.29. The number of carbonyl (C=O) groups is 1. The largest absolute Gasteiger partial charge is 0.339 e. The molecule has 3 nitrogen and oxygen atoms in total. The van der Waals surface area contributed by atoms with Gasteiger partial charge in [0, 0.05) is 18.0 Å². The van der Waals surface area contributed by atoms with Gasteiger partial charge in [0.05, 0.1) is 17.1 Å². The van der Waals surface area contributed by atoms with Crippen molar-refractivity contribution in [2.45, 2.75) is 33.6 Å². The highest BCUT2D eigenvalue weighted by Crippen LogP contribution is 2.17. The third kappa shape index (κ3) is 5.32. The maximum absolute atomic E-state index is 12.6. The zero-order chi connectivity index (χ0) is 16.7. The molecular weight excluding hydrogens is 304 g/mol. The molecule has 0 N–H and O–H groups in total. The predicted octanol–water partition coefficient (Wildman–Crippen LogP) is 4.25. The standard InChI is InChI=1S/C19H24N2OS/c1-4-12-21(13-8-11-17-9-6-5-7-10-17)19(22)14-18-15(2)23-16(3)20-18/h5-11H,4,12-14H2,1-3H3/b11-8+. The van der Waals surface area contributed by atoms with Crippen LogP contribution in [-0.2, 0) is 11.2 Å². The van der Waals surface area contributed by atoms with E-state index in [-0.39, 0.29) is 5.91 Å². The molecule has 1 aromatic heterocycles. The van der Waals surface area contributed by atoms with Gasteiger partial charge in [0.15, 0.2) is 0 Å². The van der Waals surface area contributed by atoms with Gasteiger partial charge in [-0.15, -0.1) is 11.3 Å². The number of hydrogen-bond acceptors (Lipinski definition) is 3. The van der Waals surface area contributed by atoms with Crippen molar-refractivity contribution in [3.05, 3.63) is 57.6 Å². The average molecular weight is 328 g/mol. The molecule has 0 spiro atoms. The molecule has 0 aliphatic carbocycles. The van der Waals surface area contributed by atoms with Crippen LogP contribution in [-0.4, -0.2) is 28.9 Å². The van der Waals surface area contributed by atoms with Gasteiger partial charge in [-0.2, -0.15) is 0 Å². The summed E-state index contributed by atoms with van der Waals surface area (Å²) in [6.07, 6.45) is 5.48. The minimum atomic E-state index is 0.151. The van der Waals surface area contributed by atoms with Crippen LogP contribution in [0.2, 0.25) is 0 Å². The van der Waals surface area contributed by atoms with Crippen LogP contribution in [0.25, 0.3) is 6.08 Å². The topological polar surface area (TPSA) is 33.2 Å². The van der Waals surface area contributed by atoms with E-state index in [1.165, 1.54) is 0 Å². The second-order valence-electron chi connectivity index (χ2n) is 5.57. The number of aryl methyl sites for hydroxylation is 2. The molecule has 23 heavy (non-hydrogen) atoms. The number of hydrogen-bond donors (Lipinski definition) is 0. The Labute approximate surface area is 142 Å². The van der Waals surface area contributed by atoms with Crippen molar-refractivity contribution >= 4 is 23.3 Å². The number of rotatable bonds is 7. The number of nitrogens with zero attached hydrogens (tertiary/aromatic N) is 2. The quantitative estimate of drug-likeness (QED) is 0.761. The zero-order valence-electron chi connectivity index (χ0n) is 14.1. The van der Waals surface area contributed by atoms with E-state index >= 15 is 0 Å². The Morgan fingerprint density at radius 1 is 1.26 bits per heavy atom. The van der Waals surface area contributed by atoms with Crippen LogP contribution in [0.4, 0.5) is 0 Å². The highest BCUT2D eigenvalue weighted by molar-refractivity contribution is 7.11. The van der Waals surface area contributed by atoms with Gasteiger partial charge in [0.25, 0.3) is 0 Å². The number of amides is 1. The van der Waals surface area contributed by atoms with Gasteiger partial charge in [-0.25, -0.2) is 4.98 Å². The normalized spacial score (nSPS) is 11.1. The Bertz CT molecular complexity index is 661. The van der Waals surface area contributed by atoms with Gasteiger partial charge in [0.2, 0.25) is 5.91 Å². The van der Waals surface area contributed by atoms with E-state index in [9.17, 15) is 4.79 Å². The molecule has 1 aromatic carbocycles. The summed E-state index contributed by atoms with van der Waals surface area (Å²) >= 11 is 1.66. The molecular formula is C19H24N2OS. The molecule has 1 heterocycles. The molecule has 2 aromatic rings. The van der Waals surface area contributed by atoms with E-state index in [0.717, 1.165) is 34.1 Å². The van der Waals surface area contributed by atoms with Gasteiger partial charge < -0.3 is 4.90 Å². The summed E-state index contributed by atoms with van der Waals surface area (Å²) in [4.78, 5) is 20.1. The fourth-order valence-electron chi connectivity index (χ4n) is 2.46. The molecule has 0 fully saturated rings. The van der Waals surface area contributed by atoms with Crippen molar-refractivity contribution in [3.8, 4) is 0 Å². The molecule has 0 atom stereocenters. The van der Waals surface area contributed by atoms with Crippen LogP contribution in [0.1, 0.15) is 34.5 Å². The monoisotopic (exact) mass is 328 g/mol. The summed E-state index contributed by atoms with van der Waals surface area (Å²) in [6.45, 7) is 7.54. The lowest BCUT2D eigenvalue weighted by Crippen LogP contribution is -2.33. The van der Waals surface area contributed by atoms with Crippen LogP contribution < -0.4 is 0 Å². The number of carbonyl (C=O) groups excluding carboxylic acids is 1. The Morgan fingerprint density at radius 2 is 2.00 bits per heavy atom.